The van der Waals surface area contributed by atoms with Crippen molar-refractivity contribution in [2.24, 2.45) is 5.92 Å². The van der Waals surface area contributed by atoms with Gasteiger partial charge < -0.3 is 0 Å². The van der Waals surface area contributed by atoms with Gasteiger partial charge in [-0.1, -0.05) is 67.4 Å². The van der Waals surface area contributed by atoms with Gasteiger partial charge in [-0.2, -0.15) is 0 Å². The second kappa shape index (κ2) is 9.37. The van der Waals surface area contributed by atoms with Crippen molar-refractivity contribution in [3.63, 3.8) is 0 Å². The Kier molecular flexibility index (Phi) is 6.89. The number of hydrogen-bond donors (Lipinski definition) is 1. The van der Waals surface area contributed by atoms with Gasteiger partial charge in [0.25, 0.3) is 0 Å². The van der Waals surface area contributed by atoms with Crippen LogP contribution in [0.2, 0.25) is 10.0 Å². The first kappa shape index (κ1) is 20.6. The van der Waals surface area contributed by atoms with E-state index in [1.807, 2.05) is 5.38 Å². The Balaban J connectivity index is 1.65. The minimum Gasteiger partial charge on any atom is -0.298 e. The molecule has 1 amide bonds. The average molecular weight is 431 g/mol. The molecule has 2 aromatic carbocycles. The van der Waals surface area contributed by atoms with Crippen molar-refractivity contribution in [2.75, 3.05) is 5.32 Å². The summed E-state index contributed by atoms with van der Waals surface area (Å²) in [6.07, 6.45) is 4.05. The molecule has 0 atom stereocenters. The number of nitrogens with one attached hydrogen (secondary N) is 1. The Labute approximate surface area is 179 Å². The van der Waals surface area contributed by atoms with Crippen molar-refractivity contribution < 1.29 is 4.79 Å². The third kappa shape index (κ3) is 5.44. The predicted octanol–water partition coefficient (Wildman–Crippen LogP) is 6.97. The lowest BCUT2D eigenvalue weighted by Crippen LogP contribution is -2.07. The zero-order valence-corrected chi connectivity index (χ0v) is 17.9. The molecule has 0 fully saturated rings. The zero-order valence-electron chi connectivity index (χ0n) is 15.6. The summed E-state index contributed by atoms with van der Waals surface area (Å²) in [6, 6.07) is 13.6. The minimum atomic E-state index is -0.288. The molecule has 1 aromatic heterocycles. The molecule has 0 spiro atoms. The molecule has 144 valence electrons. The molecule has 0 bridgehead atoms. The van der Waals surface area contributed by atoms with Crippen LogP contribution in [0, 0.1) is 5.92 Å². The van der Waals surface area contributed by atoms with E-state index in [0.717, 1.165) is 17.7 Å². The van der Waals surface area contributed by atoms with Crippen molar-refractivity contribution in [1.82, 2.24) is 4.98 Å². The van der Waals surface area contributed by atoms with Crippen LogP contribution in [-0.4, -0.2) is 10.9 Å². The number of carbonyl (C=O) groups is 1. The number of carbonyl (C=O) groups excluding carboxylic acids is 1. The standard InChI is InChI=1S/C22H20Cl2N2OS/c1-14(2)12-15-6-8-16(9-7-15)20-13-28-22(25-20)26-21(27)11-10-17-18(23)4-3-5-19(17)24/h3-11,13-14H,12H2,1-2H3,(H,25,26,27). The van der Waals surface area contributed by atoms with Gasteiger partial charge in [-0.3, -0.25) is 10.1 Å². The van der Waals surface area contributed by atoms with Crippen LogP contribution < -0.4 is 5.32 Å². The van der Waals surface area contributed by atoms with Crippen LogP contribution in [-0.2, 0) is 11.2 Å². The highest BCUT2D eigenvalue weighted by atomic mass is 35.5. The molecule has 28 heavy (non-hydrogen) atoms. The SMILES string of the molecule is CC(C)Cc1ccc(-c2csc(NC(=O)C=Cc3c(Cl)cccc3Cl)n2)cc1. The van der Waals surface area contributed by atoms with Crippen LogP contribution in [0.15, 0.2) is 53.9 Å². The van der Waals surface area contributed by atoms with Gasteiger partial charge in [0.1, 0.15) is 0 Å². The Morgan fingerprint density at radius 3 is 2.46 bits per heavy atom. The number of amides is 1. The summed E-state index contributed by atoms with van der Waals surface area (Å²) in [7, 11) is 0. The highest BCUT2D eigenvalue weighted by molar-refractivity contribution is 7.14. The first-order valence-corrected chi connectivity index (χ1v) is 10.5. The van der Waals surface area contributed by atoms with Crippen LogP contribution in [0.25, 0.3) is 17.3 Å². The molecule has 0 radical (unpaired) electrons. The molecule has 0 aliphatic heterocycles. The summed E-state index contributed by atoms with van der Waals surface area (Å²) in [5.41, 5.74) is 3.80. The zero-order chi connectivity index (χ0) is 20.1. The number of thiazole rings is 1. The summed E-state index contributed by atoms with van der Waals surface area (Å²) in [6.45, 7) is 4.41. The van der Waals surface area contributed by atoms with E-state index >= 15 is 0 Å². The van der Waals surface area contributed by atoms with Gasteiger partial charge in [0.05, 0.1) is 5.69 Å². The fraction of sp³-hybridized carbons (Fsp3) is 0.182. The average Bonchev–Trinajstić information content (AvgIpc) is 3.10. The Hall–Kier alpha value is -2.14. The number of nitrogens with zero attached hydrogens (tertiary/aromatic N) is 1. The molecule has 1 heterocycles. The third-order valence-electron chi connectivity index (χ3n) is 4.03. The lowest BCUT2D eigenvalue weighted by atomic mass is 10.0. The maximum atomic E-state index is 12.2. The molecular formula is C22H20Cl2N2OS. The number of aromatic nitrogens is 1. The van der Waals surface area contributed by atoms with Crippen molar-refractivity contribution >= 4 is 51.7 Å². The molecule has 0 unspecified atom stereocenters. The molecule has 3 nitrogen and oxygen atoms in total. The van der Waals surface area contributed by atoms with Crippen LogP contribution in [0.1, 0.15) is 25.0 Å². The summed E-state index contributed by atoms with van der Waals surface area (Å²) < 4.78 is 0. The number of halogens is 2. The third-order valence-corrected chi connectivity index (χ3v) is 5.45. The number of rotatable bonds is 6. The highest BCUT2D eigenvalue weighted by Gasteiger charge is 2.08. The number of anilines is 1. The van der Waals surface area contributed by atoms with Gasteiger partial charge in [0, 0.05) is 32.6 Å². The Morgan fingerprint density at radius 2 is 1.82 bits per heavy atom. The fourth-order valence-electron chi connectivity index (χ4n) is 2.72. The monoisotopic (exact) mass is 430 g/mol. The van der Waals surface area contributed by atoms with Gasteiger partial charge in [0.15, 0.2) is 5.13 Å². The molecule has 0 aliphatic rings. The van der Waals surface area contributed by atoms with Gasteiger partial charge in [-0.15, -0.1) is 11.3 Å². The van der Waals surface area contributed by atoms with Gasteiger partial charge in [-0.05, 0) is 36.1 Å². The molecular weight excluding hydrogens is 411 g/mol. The molecule has 6 heteroatoms. The normalized spacial score (nSPS) is 11.3. The quantitative estimate of drug-likeness (QED) is 0.429. The predicted molar refractivity (Wildman–Crippen MR) is 120 cm³/mol. The second-order valence-corrected chi connectivity index (χ2v) is 8.46. The molecule has 0 saturated heterocycles. The molecule has 0 aliphatic carbocycles. The second-order valence-electron chi connectivity index (χ2n) is 6.79. The van der Waals surface area contributed by atoms with Crippen LogP contribution in [0.3, 0.4) is 0 Å². The van der Waals surface area contributed by atoms with Crippen molar-refractivity contribution in [3.05, 3.63) is 75.1 Å². The van der Waals surface area contributed by atoms with Gasteiger partial charge in [-0.25, -0.2) is 4.98 Å². The van der Waals surface area contributed by atoms with Crippen molar-refractivity contribution in [2.45, 2.75) is 20.3 Å². The molecule has 1 N–H and O–H groups in total. The highest BCUT2D eigenvalue weighted by Crippen LogP contribution is 2.27. The van der Waals surface area contributed by atoms with Crippen molar-refractivity contribution in [1.29, 1.82) is 0 Å². The van der Waals surface area contributed by atoms with Gasteiger partial charge in [0.2, 0.25) is 5.91 Å². The maximum Gasteiger partial charge on any atom is 0.250 e. The lowest BCUT2D eigenvalue weighted by molar-refractivity contribution is -0.111. The molecule has 3 aromatic rings. The van der Waals surface area contributed by atoms with Crippen LogP contribution >= 0.6 is 34.5 Å². The summed E-state index contributed by atoms with van der Waals surface area (Å²) in [5.74, 6) is 0.338. The van der Waals surface area contributed by atoms with E-state index in [2.05, 4.69) is 48.4 Å². The van der Waals surface area contributed by atoms with E-state index in [0.29, 0.717) is 26.7 Å². The fourth-order valence-corrected chi connectivity index (χ4v) is 3.97. The lowest BCUT2D eigenvalue weighted by Gasteiger charge is -2.05. The first-order chi connectivity index (χ1) is 13.4. The van der Waals surface area contributed by atoms with Crippen LogP contribution in [0.4, 0.5) is 5.13 Å². The summed E-state index contributed by atoms with van der Waals surface area (Å²) in [5, 5.41) is 6.24. The van der Waals surface area contributed by atoms with E-state index < -0.39 is 0 Å². The number of benzene rings is 2. The van der Waals surface area contributed by atoms with E-state index in [9.17, 15) is 4.79 Å². The maximum absolute atomic E-state index is 12.2. The van der Waals surface area contributed by atoms with E-state index in [-0.39, 0.29) is 5.91 Å². The van der Waals surface area contributed by atoms with Crippen LogP contribution in [0.5, 0.6) is 0 Å². The number of hydrogen-bond acceptors (Lipinski definition) is 3. The summed E-state index contributed by atoms with van der Waals surface area (Å²) in [4.78, 5) is 16.7. The van der Waals surface area contributed by atoms with E-state index in [4.69, 9.17) is 23.2 Å². The summed E-state index contributed by atoms with van der Waals surface area (Å²) >= 11 is 13.6. The van der Waals surface area contributed by atoms with E-state index in [1.165, 1.54) is 23.0 Å². The minimum absolute atomic E-state index is 0.288. The first-order valence-electron chi connectivity index (χ1n) is 8.90. The Bertz CT molecular complexity index is 974. The van der Waals surface area contributed by atoms with E-state index in [1.54, 1.807) is 24.3 Å². The smallest absolute Gasteiger partial charge is 0.250 e. The molecule has 3 rings (SSSR count). The largest absolute Gasteiger partial charge is 0.298 e. The van der Waals surface area contributed by atoms with Gasteiger partial charge >= 0.3 is 0 Å². The van der Waals surface area contributed by atoms with Crippen molar-refractivity contribution in [3.8, 4) is 11.3 Å². The Morgan fingerprint density at radius 1 is 1.14 bits per heavy atom. The topological polar surface area (TPSA) is 42.0 Å². The molecule has 0 saturated carbocycles.